The predicted molar refractivity (Wildman–Crippen MR) is 72.3 cm³/mol. The standard InChI is InChI=1S/C14H20F4N2/c1-8(2)20(7-14(16,17)18)13-5-9(3)12(15)6-11(13)10(4)19/h5-6,8,10H,7,19H2,1-4H3. The van der Waals surface area contributed by atoms with Crippen LogP contribution in [0.4, 0.5) is 23.2 Å². The van der Waals surface area contributed by atoms with Crippen LogP contribution in [0, 0.1) is 12.7 Å². The molecule has 6 heteroatoms. The van der Waals surface area contributed by atoms with E-state index in [-0.39, 0.29) is 6.04 Å². The van der Waals surface area contributed by atoms with Gasteiger partial charge >= 0.3 is 6.18 Å². The summed E-state index contributed by atoms with van der Waals surface area (Å²) in [5, 5.41) is 0. The van der Waals surface area contributed by atoms with Gasteiger partial charge in [0.1, 0.15) is 12.4 Å². The van der Waals surface area contributed by atoms with Gasteiger partial charge in [0.15, 0.2) is 0 Å². The summed E-state index contributed by atoms with van der Waals surface area (Å²) in [5.74, 6) is -0.461. The molecule has 0 aromatic heterocycles. The number of alkyl halides is 3. The van der Waals surface area contributed by atoms with Crippen molar-refractivity contribution in [2.24, 2.45) is 5.73 Å². The summed E-state index contributed by atoms with van der Waals surface area (Å²) in [7, 11) is 0. The maximum absolute atomic E-state index is 13.6. The molecule has 20 heavy (non-hydrogen) atoms. The van der Waals surface area contributed by atoms with Crippen LogP contribution in [0.1, 0.15) is 37.9 Å². The van der Waals surface area contributed by atoms with Crippen LogP contribution < -0.4 is 10.6 Å². The first-order valence-electron chi connectivity index (χ1n) is 6.42. The van der Waals surface area contributed by atoms with E-state index in [9.17, 15) is 17.6 Å². The Hall–Kier alpha value is -1.30. The van der Waals surface area contributed by atoms with Gasteiger partial charge < -0.3 is 10.6 Å². The smallest absolute Gasteiger partial charge is 0.360 e. The highest BCUT2D eigenvalue weighted by atomic mass is 19.4. The van der Waals surface area contributed by atoms with E-state index < -0.39 is 24.6 Å². The molecular formula is C14H20F4N2. The third kappa shape index (κ3) is 4.10. The molecule has 2 nitrogen and oxygen atoms in total. The van der Waals surface area contributed by atoms with Gasteiger partial charge in [-0.25, -0.2) is 4.39 Å². The lowest BCUT2D eigenvalue weighted by atomic mass is 10.0. The van der Waals surface area contributed by atoms with Crippen LogP contribution in [0.25, 0.3) is 0 Å². The molecular weight excluding hydrogens is 272 g/mol. The average molecular weight is 292 g/mol. The maximum Gasteiger partial charge on any atom is 0.405 e. The molecule has 0 aliphatic rings. The van der Waals surface area contributed by atoms with Gasteiger partial charge in [0.25, 0.3) is 0 Å². The normalized spacial score (nSPS) is 13.7. The van der Waals surface area contributed by atoms with E-state index in [4.69, 9.17) is 5.73 Å². The number of rotatable bonds is 4. The summed E-state index contributed by atoms with van der Waals surface area (Å²) in [6, 6.07) is 1.73. The number of hydrogen-bond acceptors (Lipinski definition) is 2. The van der Waals surface area contributed by atoms with Gasteiger partial charge in [-0.1, -0.05) is 0 Å². The fourth-order valence-electron chi connectivity index (χ4n) is 2.03. The summed E-state index contributed by atoms with van der Waals surface area (Å²) in [6.45, 7) is 5.38. The molecule has 0 spiro atoms. The SMILES string of the molecule is Cc1cc(N(CC(F)(F)F)C(C)C)c(C(C)N)cc1F. The minimum absolute atomic E-state index is 0.303. The van der Waals surface area contributed by atoms with E-state index in [1.165, 1.54) is 24.0 Å². The van der Waals surface area contributed by atoms with Crippen molar-refractivity contribution in [1.29, 1.82) is 0 Å². The molecule has 0 amide bonds. The zero-order valence-electron chi connectivity index (χ0n) is 12.1. The van der Waals surface area contributed by atoms with E-state index in [0.29, 0.717) is 16.8 Å². The Bertz CT molecular complexity index is 467. The quantitative estimate of drug-likeness (QED) is 0.852. The number of nitrogens with zero attached hydrogens (tertiary/aromatic N) is 1. The number of nitrogens with two attached hydrogens (primary N) is 1. The summed E-state index contributed by atoms with van der Waals surface area (Å²) >= 11 is 0. The Morgan fingerprint density at radius 3 is 2.15 bits per heavy atom. The Morgan fingerprint density at radius 1 is 1.20 bits per heavy atom. The van der Waals surface area contributed by atoms with Gasteiger partial charge in [0, 0.05) is 17.8 Å². The lowest BCUT2D eigenvalue weighted by Gasteiger charge is -2.32. The van der Waals surface area contributed by atoms with Crippen LogP contribution in [0.5, 0.6) is 0 Å². The highest BCUT2D eigenvalue weighted by Gasteiger charge is 2.33. The average Bonchev–Trinajstić information content (AvgIpc) is 2.27. The number of halogens is 4. The van der Waals surface area contributed by atoms with Crippen molar-refractivity contribution in [1.82, 2.24) is 0 Å². The van der Waals surface area contributed by atoms with Gasteiger partial charge in [-0.15, -0.1) is 0 Å². The van der Waals surface area contributed by atoms with Crippen molar-refractivity contribution in [2.75, 3.05) is 11.4 Å². The molecule has 0 aliphatic carbocycles. The number of benzene rings is 1. The van der Waals surface area contributed by atoms with Crippen LogP contribution in [-0.4, -0.2) is 18.8 Å². The van der Waals surface area contributed by atoms with Crippen LogP contribution >= 0.6 is 0 Å². The van der Waals surface area contributed by atoms with Crippen LogP contribution in [0.3, 0.4) is 0 Å². The van der Waals surface area contributed by atoms with Gasteiger partial charge in [0.2, 0.25) is 0 Å². The molecule has 0 radical (unpaired) electrons. The third-order valence-electron chi connectivity index (χ3n) is 3.08. The molecule has 1 unspecified atom stereocenters. The molecule has 2 N–H and O–H groups in total. The Labute approximate surface area is 116 Å². The van der Waals surface area contributed by atoms with Crippen molar-refractivity contribution < 1.29 is 17.6 Å². The molecule has 1 atom stereocenters. The number of hydrogen-bond donors (Lipinski definition) is 1. The molecule has 0 heterocycles. The monoisotopic (exact) mass is 292 g/mol. The predicted octanol–water partition coefficient (Wildman–Crippen LogP) is 3.93. The van der Waals surface area contributed by atoms with E-state index in [2.05, 4.69) is 0 Å². The van der Waals surface area contributed by atoms with E-state index in [1.54, 1.807) is 20.8 Å². The Kier molecular flexibility index (Phi) is 5.02. The van der Waals surface area contributed by atoms with Crippen LogP contribution in [-0.2, 0) is 0 Å². The lowest BCUT2D eigenvalue weighted by molar-refractivity contribution is -0.120. The van der Waals surface area contributed by atoms with E-state index in [1.807, 2.05) is 0 Å². The van der Waals surface area contributed by atoms with Crippen molar-refractivity contribution in [3.63, 3.8) is 0 Å². The Balaban J connectivity index is 3.35. The second-order valence-corrected chi connectivity index (χ2v) is 5.29. The van der Waals surface area contributed by atoms with Gasteiger partial charge in [-0.3, -0.25) is 0 Å². The third-order valence-corrected chi connectivity index (χ3v) is 3.08. The minimum Gasteiger partial charge on any atom is -0.360 e. The highest BCUT2D eigenvalue weighted by Crippen LogP contribution is 2.32. The topological polar surface area (TPSA) is 29.3 Å². The van der Waals surface area contributed by atoms with Crippen molar-refractivity contribution >= 4 is 5.69 Å². The van der Waals surface area contributed by atoms with Crippen LogP contribution in [0.2, 0.25) is 0 Å². The molecule has 1 aromatic carbocycles. The first-order chi connectivity index (χ1) is 9.03. The first kappa shape index (κ1) is 16.8. The Morgan fingerprint density at radius 2 is 1.75 bits per heavy atom. The lowest BCUT2D eigenvalue weighted by Crippen LogP contribution is -2.40. The van der Waals surface area contributed by atoms with Gasteiger partial charge in [-0.2, -0.15) is 13.2 Å². The summed E-state index contributed by atoms with van der Waals surface area (Å²) in [5.41, 5.74) is 6.78. The first-order valence-corrected chi connectivity index (χ1v) is 6.42. The molecule has 0 fully saturated rings. The minimum atomic E-state index is -4.33. The molecule has 0 aliphatic heterocycles. The molecule has 114 valence electrons. The second kappa shape index (κ2) is 5.99. The van der Waals surface area contributed by atoms with Crippen molar-refractivity contribution in [3.8, 4) is 0 Å². The number of aryl methyl sites for hydroxylation is 1. The molecule has 1 rings (SSSR count). The van der Waals surface area contributed by atoms with Crippen molar-refractivity contribution in [3.05, 3.63) is 29.1 Å². The second-order valence-electron chi connectivity index (χ2n) is 5.29. The molecule has 0 bridgehead atoms. The zero-order chi connectivity index (χ0) is 15.7. The van der Waals surface area contributed by atoms with Crippen LogP contribution in [0.15, 0.2) is 12.1 Å². The van der Waals surface area contributed by atoms with Crippen molar-refractivity contribution in [2.45, 2.75) is 46.0 Å². The maximum atomic E-state index is 13.6. The largest absolute Gasteiger partial charge is 0.405 e. The summed E-state index contributed by atoms with van der Waals surface area (Å²) < 4.78 is 51.8. The molecule has 1 aromatic rings. The fraction of sp³-hybridized carbons (Fsp3) is 0.571. The van der Waals surface area contributed by atoms with E-state index in [0.717, 1.165) is 0 Å². The molecule has 0 saturated carbocycles. The molecule has 0 saturated heterocycles. The van der Waals surface area contributed by atoms with Gasteiger partial charge in [-0.05, 0) is 51.0 Å². The summed E-state index contributed by atoms with van der Waals surface area (Å²) in [4.78, 5) is 1.20. The fourth-order valence-corrected chi connectivity index (χ4v) is 2.03. The summed E-state index contributed by atoms with van der Waals surface area (Å²) in [6.07, 6.45) is -4.33. The van der Waals surface area contributed by atoms with Gasteiger partial charge in [0.05, 0.1) is 0 Å². The zero-order valence-corrected chi connectivity index (χ0v) is 12.1. The van der Waals surface area contributed by atoms with E-state index >= 15 is 0 Å². The highest BCUT2D eigenvalue weighted by molar-refractivity contribution is 5.57. The number of anilines is 1.